The normalized spacial score (nSPS) is 12.6. The molecule has 17 heavy (non-hydrogen) atoms. The Labute approximate surface area is 105 Å². The molecule has 0 amide bonds. The number of anilines is 1. The molecule has 1 atom stereocenters. The molecule has 1 unspecified atom stereocenters. The van der Waals surface area contributed by atoms with Gasteiger partial charge in [0.25, 0.3) is 0 Å². The Kier molecular flexibility index (Phi) is 4.09. The summed E-state index contributed by atoms with van der Waals surface area (Å²) in [6, 6.07) is 7.67. The molecule has 0 radical (unpaired) electrons. The number of aromatic nitrogens is 3. The van der Waals surface area contributed by atoms with Crippen LogP contribution in [0.5, 0.6) is 0 Å². The van der Waals surface area contributed by atoms with E-state index in [1.807, 2.05) is 24.3 Å². The lowest BCUT2D eigenvalue weighted by Crippen LogP contribution is -2.10. The van der Waals surface area contributed by atoms with E-state index in [1.54, 1.807) is 0 Å². The van der Waals surface area contributed by atoms with Crippen molar-refractivity contribution in [2.24, 2.45) is 0 Å². The number of halogens is 1. The van der Waals surface area contributed by atoms with E-state index >= 15 is 0 Å². The molecule has 1 aromatic carbocycles. The Morgan fingerprint density at radius 2 is 2.00 bits per heavy atom. The zero-order chi connectivity index (χ0) is 12.1. The quantitative estimate of drug-likeness (QED) is 0.829. The van der Waals surface area contributed by atoms with Crippen molar-refractivity contribution in [3.63, 3.8) is 0 Å². The highest BCUT2D eigenvalue weighted by Crippen LogP contribution is 2.10. The second kappa shape index (κ2) is 5.77. The third kappa shape index (κ3) is 3.27. The fourth-order valence-corrected chi connectivity index (χ4v) is 1.61. The average Bonchev–Trinajstić information content (AvgIpc) is 2.38. The van der Waals surface area contributed by atoms with Gasteiger partial charge in [0, 0.05) is 11.9 Å². The van der Waals surface area contributed by atoms with Crippen molar-refractivity contribution in [3.05, 3.63) is 24.3 Å². The van der Waals surface area contributed by atoms with Crippen molar-refractivity contribution in [2.75, 3.05) is 11.9 Å². The smallest absolute Gasteiger partial charge is 0.243 e. The predicted molar refractivity (Wildman–Crippen MR) is 70.4 cm³/mol. The molecule has 2 aromatic rings. The number of nitrogens with one attached hydrogen (secondary N) is 1. The van der Waals surface area contributed by atoms with Crippen LogP contribution in [0.4, 0.5) is 5.95 Å². The minimum atomic E-state index is 0.205. The molecular weight excluding hydrogens is 236 g/mol. The van der Waals surface area contributed by atoms with Crippen molar-refractivity contribution in [3.8, 4) is 0 Å². The van der Waals surface area contributed by atoms with Crippen LogP contribution >= 0.6 is 11.6 Å². The monoisotopic (exact) mass is 250 g/mol. The van der Waals surface area contributed by atoms with Crippen LogP contribution in [0, 0.1) is 0 Å². The standard InChI is InChI=1S/C12H15ClN4/c1-2-9(13)7-8-14-12-15-10-5-3-4-6-11(10)16-17-12/h3-6,9H,2,7-8H2,1H3,(H,14,15,17). The number of benzene rings is 1. The van der Waals surface area contributed by atoms with E-state index in [0.29, 0.717) is 5.95 Å². The van der Waals surface area contributed by atoms with Crippen LogP contribution < -0.4 is 5.32 Å². The summed E-state index contributed by atoms with van der Waals surface area (Å²) in [5.41, 5.74) is 1.66. The summed E-state index contributed by atoms with van der Waals surface area (Å²) < 4.78 is 0. The fourth-order valence-electron chi connectivity index (χ4n) is 1.50. The molecule has 0 saturated heterocycles. The third-order valence-corrected chi connectivity index (χ3v) is 3.07. The van der Waals surface area contributed by atoms with Crippen LogP contribution in [0.15, 0.2) is 24.3 Å². The van der Waals surface area contributed by atoms with Crippen molar-refractivity contribution >= 4 is 28.6 Å². The second-order valence-corrected chi connectivity index (χ2v) is 4.46. The number of alkyl halides is 1. The molecular formula is C12H15ClN4. The summed E-state index contributed by atoms with van der Waals surface area (Å²) in [6.45, 7) is 2.84. The lowest BCUT2D eigenvalue weighted by Gasteiger charge is -2.07. The highest BCUT2D eigenvalue weighted by Gasteiger charge is 2.03. The van der Waals surface area contributed by atoms with Gasteiger partial charge >= 0.3 is 0 Å². The minimum absolute atomic E-state index is 0.205. The largest absolute Gasteiger partial charge is 0.353 e. The van der Waals surface area contributed by atoms with Gasteiger partial charge in [-0.3, -0.25) is 0 Å². The van der Waals surface area contributed by atoms with E-state index in [9.17, 15) is 0 Å². The lowest BCUT2D eigenvalue weighted by atomic mass is 10.2. The van der Waals surface area contributed by atoms with E-state index in [2.05, 4.69) is 27.4 Å². The first-order chi connectivity index (χ1) is 8.29. The molecule has 2 rings (SSSR count). The Morgan fingerprint density at radius 1 is 1.24 bits per heavy atom. The molecule has 1 aromatic heterocycles. The highest BCUT2D eigenvalue weighted by molar-refractivity contribution is 6.20. The maximum atomic E-state index is 6.03. The topological polar surface area (TPSA) is 50.7 Å². The molecule has 1 heterocycles. The molecule has 0 fully saturated rings. The molecule has 0 aliphatic carbocycles. The van der Waals surface area contributed by atoms with Gasteiger partial charge in [-0.15, -0.1) is 21.8 Å². The Hall–Kier alpha value is -1.42. The fraction of sp³-hybridized carbons (Fsp3) is 0.417. The number of para-hydroxylation sites is 1. The molecule has 0 spiro atoms. The molecule has 0 aliphatic heterocycles. The molecule has 0 saturated carbocycles. The summed E-state index contributed by atoms with van der Waals surface area (Å²) in [6.07, 6.45) is 1.87. The molecule has 5 heteroatoms. The van der Waals surface area contributed by atoms with Crippen LogP contribution in [0.3, 0.4) is 0 Å². The number of fused-ring (bicyclic) bond motifs is 1. The molecule has 90 valence electrons. The van der Waals surface area contributed by atoms with Crippen molar-refractivity contribution in [2.45, 2.75) is 25.1 Å². The zero-order valence-electron chi connectivity index (χ0n) is 9.73. The van der Waals surface area contributed by atoms with Crippen molar-refractivity contribution < 1.29 is 0 Å². The number of rotatable bonds is 5. The summed E-state index contributed by atoms with van der Waals surface area (Å²) in [4.78, 5) is 4.37. The number of nitrogens with zero attached hydrogens (tertiary/aromatic N) is 3. The summed E-state index contributed by atoms with van der Waals surface area (Å²) in [5, 5.41) is 11.4. The van der Waals surface area contributed by atoms with Crippen molar-refractivity contribution in [1.82, 2.24) is 15.2 Å². The Balaban J connectivity index is 1.99. The van der Waals surface area contributed by atoms with Gasteiger partial charge in [-0.05, 0) is 25.0 Å². The van der Waals surface area contributed by atoms with Crippen LogP contribution in [0.2, 0.25) is 0 Å². The summed E-state index contributed by atoms with van der Waals surface area (Å²) in [5.74, 6) is 0.559. The van der Waals surface area contributed by atoms with Gasteiger partial charge in [-0.25, -0.2) is 4.98 Å². The van der Waals surface area contributed by atoms with E-state index < -0.39 is 0 Å². The number of hydrogen-bond donors (Lipinski definition) is 1. The van der Waals surface area contributed by atoms with Crippen LogP contribution in [-0.2, 0) is 0 Å². The lowest BCUT2D eigenvalue weighted by molar-refractivity contribution is 0.748. The molecule has 0 bridgehead atoms. The van der Waals surface area contributed by atoms with E-state index in [1.165, 1.54) is 0 Å². The van der Waals surface area contributed by atoms with Gasteiger partial charge < -0.3 is 5.32 Å². The molecule has 0 aliphatic rings. The first-order valence-electron chi connectivity index (χ1n) is 5.77. The van der Waals surface area contributed by atoms with Crippen LogP contribution in [0.1, 0.15) is 19.8 Å². The third-order valence-electron chi connectivity index (χ3n) is 2.54. The maximum Gasteiger partial charge on any atom is 0.243 e. The highest BCUT2D eigenvalue weighted by atomic mass is 35.5. The van der Waals surface area contributed by atoms with Crippen LogP contribution in [-0.4, -0.2) is 27.1 Å². The average molecular weight is 251 g/mol. The first kappa shape index (κ1) is 12.0. The maximum absolute atomic E-state index is 6.03. The van der Waals surface area contributed by atoms with Gasteiger partial charge in [-0.1, -0.05) is 19.1 Å². The number of hydrogen-bond acceptors (Lipinski definition) is 4. The van der Waals surface area contributed by atoms with Gasteiger partial charge in [0.05, 0.1) is 5.52 Å². The van der Waals surface area contributed by atoms with Gasteiger partial charge in [0.2, 0.25) is 5.95 Å². The van der Waals surface area contributed by atoms with E-state index in [-0.39, 0.29) is 5.38 Å². The van der Waals surface area contributed by atoms with Gasteiger partial charge in [0.15, 0.2) is 0 Å². The summed E-state index contributed by atoms with van der Waals surface area (Å²) in [7, 11) is 0. The van der Waals surface area contributed by atoms with Crippen LogP contribution in [0.25, 0.3) is 11.0 Å². The Bertz CT molecular complexity index is 489. The van der Waals surface area contributed by atoms with Gasteiger partial charge in [0.1, 0.15) is 5.52 Å². The minimum Gasteiger partial charge on any atom is -0.353 e. The van der Waals surface area contributed by atoms with Crippen molar-refractivity contribution in [1.29, 1.82) is 0 Å². The zero-order valence-corrected chi connectivity index (χ0v) is 10.5. The van der Waals surface area contributed by atoms with E-state index in [0.717, 1.165) is 30.4 Å². The molecule has 4 nitrogen and oxygen atoms in total. The summed E-state index contributed by atoms with van der Waals surface area (Å²) >= 11 is 6.03. The van der Waals surface area contributed by atoms with Gasteiger partial charge in [-0.2, -0.15) is 0 Å². The first-order valence-corrected chi connectivity index (χ1v) is 6.20. The Morgan fingerprint density at radius 3 is 2.76 bits per heavy atom. The predicted octanol–water partition coefficient (Wildman–Crippen LogP) is 2.84. The second-order valence-electron chi connectivity index (χ2n) is 3.85. The molecule has 1 N–H and O–H groups in total. The SMILES string of the molecule is CCC(Cl)CCNc1nnc2ccccc2n1. The van der Waals surface area contributed by atoms with E-state index in [4.69, 9.17) is 11.6 Å².